The number of carbonyl (C=O) groups excluding carboxylic acids is 1. The number of benzene rings is 1. The van der Waals surface area contributed by atoms with Gasteiger partial charge in [-0.3, -0.25) is 14.9 Å². The molecule has 0 fully saturated rings. The molecule has 0 atom stereocenters. The number of hydrogen-bond donors (Lipinski definition) is 1. The lowest BCUT2D eigenvalue weighted by Gasteiger charge is -2.09. The van der Waals surface area contributed by atoms with Gasteiger partial charge in [0, 0.05) is 11.8 Å². The van der Waals surface area contributed by atoms with E-state index in [0.717, 1.165) is 0 Å². The van der Waals surface area contributed by atoms with Crippen molar-refractivity contribution >= 4 is 28.8 Å². The summed E-state index contributed by atoms with van der Waals surface area (Å²) in [6.45, 7) is 0. The minimum absolute atomic E-state index is 0.0494. The predicted molar refractivity (Wildman–Crippen MR) is 59.1 cm³/mol. The Kier molecular flexibility index (Phi) is 3.68. The number of nitro benzene ring substituents is 1. The third kappa shape index (κ3) is 2.06. The van der Waals surface area contributed by atoms with Crippen molar-refractivity contribution in [2.24, 2.45) is 0 Å². The van der Waals surface area contributed by atoms with E-state index in [4.69, 9.17) is 22.1 Å². The first kappa shape index (κ1) is 12.3. The molecule has 1 aromatic rings. The van der Waals surface area contributed by atoms with E-state index in [1.165, 1.54) is 19.2 Å². The van der Waals surface area contributed by atoms with Crippen molar-refractivity contribution in [2.45, 2.75) is 0 Å². The number of methoxy groups -OCH3 is 1. The topological polar surface area (TPSA) is 95.5 Å². The van der Waals surface area contributed by atoms with Gasteiger partial charge in [-0.1, -0.05) is 0 Å². The van der Waals surface area contributed by atoms with Gasteiger partial charge in [-0.25, -0.2) is 0 Å². The fourth-order valence-corrected chi connectivity index (χ4v) is 1.43. The second-order valence-corrected chi connectivity index (χ2v) is 3.16. The number of nitrogens with zero attached hydrogens (tertiary/aromatic N) is 1. The highest BCUT2D eigenvalue weighted by atomic mass is 35.5. The molecule has 86 valence electrons. The van der Waals surface area contributed by atoms with E-state index in [-0.39, 0.29) is 28.6 Å². The van der Waals surface area contributed by atoms with Gasteiger partial charge in [0.1, 0.15) is 0 Å². The second-order valence-electron chi connectivity index (χ2n) is 2.90. The van der Waals surface area contributed by atoms with Gasteiger partial charge in [0.2, 0.25) is 5.75 Å². The fourth-order valence-electron chi connectivity index (χ4n) is 1.29. The summed E-state index contributed by atoms with van der Waals surface area (Å²) < 4.78 is 4.84. The Bertz CT molecular complexity index is 447. The molecule has 0 aliphatic carbocycles. The number of carbonyl (C=O) groups is 1. The normalized spacial score (nSPS) is 9.88. The number of rotatable bonds is 4. The number of Topliss-reactive ketones (excluding diaryl/α,β-unsaturated/α-hetero) is 1. The summed E-state index contributed by atoms with van der Waals surface area (Å²) >= 11 is 5.39. The van der Waals surface area contributed by atoms with Crippen molar-refractivity contribution < 1.29 is 14.5 Å². The van der Waals surface area contributed by atoms with Gasteiger partial charge in [0.15, 0.2) is 5.78 Å². The molecule has 7 heteroatoms. The first-order valence-electron chi connectivity index (χ1n) is 4.23. The van der Waals surface area contributed by atoms with Crippen molar-refractivity contribution in [1.82, 2.24) is 0 Å². The minimum Gasteiger partial charge on any atom is -0.490 e. The third-order valence-electron chi connectivity index (χ3n) is 1.97. The molecule has 1 aromatic carbocycles. The van der Waals surface area contributed by atoms with Gasteiger partial charge >= 0.3 is 5.69 Å². The highest BCUT2D eigenvalue weighted by Gasteiger charge is 2.24. The summed E-state index contributed by atoms with van der Waals surface area (Å²) in [6.07, 6.45) is 0. The maximum Gasteiger partial charge on any atom is 0.311 e. The fraction of sp³-hybridized carbons (Fsp3) is 0.222. The van der Waals surface area contributed by atoms with Crippen molar-refractivity contribution in [3.05, 3.63) is 27.8 Å². The number of nitro groups is 1. The number of anilines is 1. The Labute approximate surface area is 96.1 Å². The second kappa shape index (κ2) is 4.80. The van der Waals surface area contributed by atoms with E-state index in [0.29, 0.717) is 0 Å². The Balaban J connectivity index is 3.50. The Morgan fingerprint density at radius 1 is 1.62 bits per heavy atom. The molecular weight excluding hydrogens is 236 g/mol. The average molecular weight is 245 g/mol. The maximum absolute atomic E-state index is 11.5. The van der Waals surface area contributed by atoms with Crippen LogP contribution in [0.15, 0.2) is 12.1 Å². The number of alkyl halides is 1. The lowest BCUT2D eigenvalue weighted by molar-refractivity contribution is -0.385. The summed E-state index contributed by atoms with van der Waals surface area (Å²) in [5.41, 5.74) is 5.30. The zero-order valence-corrected chi connectivity index (χ0v) is 9.15. The summed E-state index contributed by atoms with van der Waals surface area (Å²) in [7, 11) is 1.23. The lowest BCUT2D eigenvalue weighted by atomic mass is 10.1. The van der Waals surface area contributed by atoms with Gasteiger partial charge in [-0.15, -0.1) is 11.6 Å². The van der Waals surface area contributed by atoms with Crippen molar-refractivity contribution in [3.63, 3.8) is 0 Å². The van der Waals surface area contributed by atoms with E-state index in [2.05, 4.69) is 0 Å². The largest absolute Gasteiger partial charge is 0.490 e. The van der Waals surface area contributed by atoms with Crippen LogP contribution in [-0.2, 0) is 0 Å². The molecule has 0 bridgehead atoms. The quantitative estimate of drug-likeness (QED) is 0.285. The van der Waals surface area contributed by atoms with Crippen LogP contribution in [0.3, 0.4) is 0 Å². The van der Waals surface area contributed by atoms with Crippen LogP contribution in [0.5, 0.6) is 5.75 Å². The Morgan fingerprint density at radius 2 is 2.25 bits per heavy atom. The van der Waals surface area contributed by atoms with Crippen LogP contribution in [0, 0.1) is 10.1 Å². The first-order chi connectivity index (χ1) is 7.52. The highest BCUT2D eigenvalue weighted by Crippen LogP contribution is 2.34. The molecule has 0 spiro atoms. The molecule has 0 saturated heterocycles. The van der Waals surface area contributed by atoms with Crippen LogP contribution in [0.1, 0.15) is 10.4 Å². The SMILES string of the molecule is COc1c([N+](=O)[O-])ccc(N)c1C(=O)CCl. The standard InChI is InChI=1S/C9H9ClN2O4/c1-16-9-6(12(14)15)3-2-5(11)8(9)7(13)4-10/h2-3H,4,11H2,1H3. The van der Waals surface area contributed by atoms with E-state index in [1.807, 2.05) is 0 Å². The van der Waals surface area contributed by atoms with Crippen LogP contribution in [0.25, 0.3) is 0 Å². The molecule has 0 radical (unpaired) electrons. The number of nitrogens with two attached hydrogens (primary N) is 1. The van der Waals surface area contributed by atoms with Crippen LogP contribution in [0.2, 0.25) is 0 Å². The molecule has 6 nitrogen and oxygen atoms in total. The van der Waals surface area contributed by atoms with E-state index >= 15 is 0 Å². The number of halogens is 1. The van der Waals surface area contributed by atoms with Crippen LogP contribution < -0.4 is 10.5 Å². The Morgan fingerprint density at radius 3 is 2.69 bits per heavy atom. The van der Waals surface area contributed by atoms with Crippen molar-refractivity contribution in [3.8, 4) is 5.75 Å². The molecule has 0 aromatic heterocycles. The maximum atomic E-state index is 11.5. The van der Waals surface area contributed by atoms with Crippen molar-refractivity contribution in [1.29, 1.82) is 0 Å². The molecule has 0 saturated carbocycles. The van der Waals surface area contributed by atoms with E-state index in [9.17, 15) is 14.9 Å². The zero-order chi connectivity index (χ0) is 12.3. The summed E-state index contributed by atoms with van der Waals surface area (Å²) in [6, 6.07) is 2.46. The van der Waals surface area contributed by atoms with Crippen LogP contribution >= 0.6 is 11.6 Å². The van der Waals surface area contributed by atoms with Gasteiger partial charge in [-0.05, 0) is 6.07 Å². The molecule has 0 unspecified atom stereocenters. The van der Waals surface area contributed by atoms with Crippen LogP contribution in [0.4, 0.5) is 11.4 Å². The summed E-state index contributed by atoms with van der Waals surface area (Å²) in [5.74, 6) is -0.989. The average Bonchev–Trinajstić information content (AvgIpc) is 2.26. The van der Waals surface area contributed by atoms with Crippen molar-refractivity contribution in [2.75, 3.05) is 18.7 Å². The van der Waals surface area contributed by atoms with Gasteiger partial charge in [-0.2, -0.15) is 0 Å². The number of nitrogen functional groups attached to an aromatic ring is 1. The monoisotopic (exact) mass is 244 g/mol. The number of ether oxygens (including phenoxy) is 1. The molecule has 16 heavy (non-hydrogen) atoms. The van der Waals surface area contributed by atoms with E-state index < -0.39 is 10.7 Å². The Hall–Kier alpha value is -1.82. The molecule has 1 rings (SSSR count). The molecule has 0 aliphatic rings. The van der Waals surface area contributed by atoms with Gasteiger partial charge in [0.25, 0.3) is 0 Å². The summed E-state index contributed by atoms with van der Waals surface area (Å²) in [4.78, 5) is 21.5. The molecular formula is C9H9ClN2O4. The predicted octanol–water partition coefficient (Wildman–Crippen LogP) is 1.61. The lowest BCUT2D eigenvalue weighted by Crippen LogP contribution is -2.09. The molecule has 0 heterocycles. The number of ketones is 1. The molecule has 0 amide bonds. The molecule has 2 N–H and O–H groups in total. The van der Waals surface area contributed by atoms with Gasteiger partial charge in [0.05, 0.1) is 23.5 Å². The smallest absolute Gasteiger partial charge is 0.311 e. The minimum atomic E-state index is -0.650. The third-order valence-corrected chi connectivity index (χ3v) is 2.21. The summed E-state index contributed by atoms with van der Waals surface area (Å²) in [5, 5.41) is 10.7. The zero-order valence-electron chi connectivity index (χ0n) is 8.40. The van der Waals surface area contributed by atoms with E-state index in [1.54, 1.807) is 0 Å². The van der Waals surface area contributed by atoms with Gasteiger partial charge < -0.3 is 10.5 Å². The number of hydrogen-bond acceptors (Lipinski definition) is 5. The highest BCUT2D eigenvalue weighted by molar-refractivity contribution is 6.31. The first-order valence-corrected chi connectivity index (χ1v) is 4.76. The van der Waals surface area contributed by atoms with Crippen LogP contribution in [-0.4, -0.2) is 23.7 Å². The molecule has 0 aliphatic heterocycles.